The smallest absolute Gasteiger partial charge is 0.168 e. The third-order valence-corrected chi connectivity index (χ3v) is 3.08. The van der Waals surface area contributed by atoms with Crippen molar-refractivity contribution in [3.63, 3.8) is 0 Å². The van der Waals surface area contributed by atoms with Crippen LogP contribution in [0.5, 0.6) is 0 Å². The normalized spacial score (nSPS) is 15.0. The average molecular weight is 245 g/mol. The Morgan fingerprint density at radius 3 is 2.69 bits per heavy atom. The molecule has 1 aromatic rings. The number of nitrogens with zero attached hydrogens (tertiary/aromatic N) is 4. The summed E-state index contributed by atoms with van der Waals surface area (Å²) in [4.78, 5) is 0. The number of aromatic nitrogens is 4. The Balaban J connectivity index is 2.59. The van der Waals surface area contributed by atoms with Crippen molar-refractivity contribution >= 4 is 11.6 Å². The van der Waals surface area contributed by atoms with Gasteiger partial charge in [0.25, 0.3) is 0 Å². The zero-order chi connectivity index (χ0) is 12.0. The molecule has 2 atom stereocenters. The van der Waals surface area contributed by atoms with Gasteiger partial charge in [0.15, 0.2) is 5.82 Å². The molecule has 0 aromatic carbocycles. The van der Waals surface area contributed by atoms with Gasteiger partial charge in [-0.05, 0) is 29.7 Å². The Labute approximate surface area is 102 Å². The van der Waals surface area contributed by atoms with E-state index in [1.54, 1.807) is 0 Å². The van der Waals surface area contributed by atoms with E-state index in [0.717, 1.165) is 18.8 Å². The highest BCUT2D eigenvalue weighted by Crippen LogP contribution is 2.19. The second kappa shape index (κ2) is 6.84. The van der Waals surface area contributed by atoms with E-state index in [0.29, 0.717) is 5.92 Å². The summed E-state index contributed by atoms with van der Waals surface area (Å²) in [7, 11) is 0. The van der Waals surface area contributed by atoms with Gasteiger partial charge in [0.2, 0.25) is 0 Å². The second-order valence-corrected chi connectivity index (χ2v) is 4.91. The van der Waals surface area contributed by atoms with Crippen LogP contribution in [0.1, 0.15) is 57.7 Å². The summed E-state index contributed by atoms with van der Waals surface area (Å²) in [6.07, 6.45) is 4.91. The summed E-state index contributed by atoms with van der Waals surface area (Å²) in [5.41, 5.74) is 0. The molecule has 4 nitrogen and oxygen atoms in total. The monoisotopic (exact) mass is 244 g/mol. The number of alkyl halides is 1. The van der Waals surface area contributed by atoms with Crippen LogP contribution in [-0.2, 0) is 6.54 Å². The molecule has 0 radical (unpaired) electrons. The van der Waals surface area contributed by atoms with Crippen LogP contribution in [0.2, 0.25) is 0 Å². The number of tetrazole rings is 1. The van der Waals surface area contributed by atoms with Crippen molar-refractivity contribution in [3.8, 4) is 0 Å². The molecule has 92 valence electrons. The molecule has 0 amide bonds. The van der Waals surface area contributed by atoms with Gasteiger partial charge in [-0.3, -0.25) is 0 Å². The van der Waals surface area contributed by atoms with E-state index < -0.39 is 0 Å². The molecule has 0 saturated heterocycles. The Bertz CT molecular complexity index is 298. The van der Waals surface area contributed by atoms with Gasteiger partial charge < -0.3 is 0 Å². The Hall–Kier alpha value is -0.640. The molecule has 0 fully saturated rings. The van der Waals surface area contributed by atoms with Crippen LogP contribution in [0, 0.1) is 5.92 Å². The predicted octanol–water partition coefficient (Wildman–Crippen LogP) is 3.19. The van der Waals surface area contributed by atoms with Crippen molar-refractivity contribution in [2.45, 2.75) is 58.4 Å². The van der Waals surface area contributed by atoms with E-state index in [1.165, 1.54) is 19.3 Å². The van der Waals surface area contributed by atoms with Gasteiger partial charge in [-0.25, -0.2) is 4.68 Å². The van der Waals surface area contributed by atoms with Gasteiger partial charge in [0.1, 0.15) is 0 Å². The SMILES string of the molecule is CCCCC(CC)Cn1nnnc1C(C)Cl. The maximum absolute atomic E-state index is 6.02. The molecule has 0 spiro atoms. The lowest BCUT2D eigenvalue weighted by Crippen LogP contribution is -2.14. The van der Waals surface area contributed by atoms with Crippen molar-refractivity contribution in [1.82, 2.24) is 20.2 Å². The summed E-state index contributed by atoms with van der Waals surface area (Å²) < 4.78 is 1.85. The van der Waals surface area contributed by atoms with Crippen LogP contribution < -0.4 is 0 Å². The largest absolute Gasteiger partial charge is 0.228 e. The molecule has 0 saturated carbocycles. The van der Waals surface area contributed by atoms with Crippen molar-refractivity contribution in [2.75, 3.05) is 0 Å². The van der Waals surface area contributed by atoms with Crippen molar-refractivity contribution < 1.29 is 0 Å². The lowest BCUT2D eigenvalue weighted by atomic mass is 9.99. The van der Waals surface area contributed by atoms with Crippen LogP contribution in [0.15, 0.2) is 0 Å². The van der Waals surface area contributed by atoms with Crippen molar-refractivity contribution in [2.24, 2.45) is 5.92 Å². The molecule has 16 heavy (non-hydrogen) atoms. The number of hydrogen-bond donors (Lipinski definition) is 0. The van der Waals surface area contributed by atoms with Crippen LogP contribution in [-0.4, -0.2) is 20.2 Å². The first-order valence-electron chi connectivity index (χ1n) is 6.09. The molecule has 1 heterocycles. The average Bonchev–Trinajstić information content (AvgIpc) is 2.72. The van der Waals surface area contributed by atoms with E-state index in [4.69, 9.17) is 11.6 Å². The third kappa shape index (κ3) is 3.74. The Morgan fingerprint density at radius 2 is 2.12 bits per heavy atom. The fraction of sp³-hybridized carbons (Fsp3) is 0.909. The molecule has 0 bridgehead atoms. The topological polar surface area (TPSA) is 43.6 Å². The summed E-state index contributed by atoms with van der Waals surface area (Å²) >= 11 is 6.02. The van der Waals surface area contributed by atoms with Crippen molar-refractivity contribution in [3.05, 3.63) is 5.82 Å². The summed E-state index contributed by atoms with van der Waals surface area (Å²) in [5.74, 6) is 1.43. The fourth-order valence-corrected chi connectivity index (χ4v) is 1.94. The Morgan fingerprint density at radius 1 is 1.38 bits per heavy atom. The molecule has 0 aliphatic heterocycles. The van der Waals surface area contributed by atoms with E-state index in [-0.39, 0.29) is 5.38 Å². The van der Waals surface area contributed by atoms with E-state index >= 15 is 0 Å². The highest BCUT2D eigenvalue weighted by Gasteiger charge is 2.15. The molecule has 2 unspecified atom stereocenters. The molecule has 5 heteroatoms. The summed E-state index contributed by atoms with van der Waals surface area (Å²) in [6, 6.07) is 0. The number of rotatable bonds is 7. The van der Waals surface area contributed by atoms with E-state index in [2.05, 4.69) is 29.4 Å². The number of hydrogen-bond acceptors (Lipinski definition) is 3. The predicted molar refractivity (Wildman–Crippen MR) is 65.4 cm³/mol. The first-order chi connectivity index (χ1) is 7.69. The fourth-order valence-electron chi connectivity index (χ4n) is 1.79. The van der Waals surface area contributed by atoms with Gasteiger partial charge in [0, 0.05) is 6.54 Å². The molecule has 1 rings (SSSR count). The molecular formula is C11H21ClN4. The lowest BCUT2D eigenvalue weighted by molar-refractivity contribution is 0.361. The van der Waals surface area contributed by atoms with E-state index in [9.17, 15) is 0 Å². The quantitative estimate of drug-likeness (QED) is 0.692. The highest BCUT2D eigenvalue weighted by molar-refractivity contribution is 6.20. The van der Waals surface area contributed by atoms with Crippen LogP contribution in [0.3, 0.4) is 0 Å². The molecular weight excluding hydrogens is 224 g/mol. The van der Waals surface area contributed by atoms with Crippen molar-refractivity contribution in [1.29, 1.82) is 0 Å². The highest BCUT2D eigenvalue weighted by atomic mass is 35.5. The summed E-state index contributed by atoms with van der Waals surface area (Å²) in [5, 5.41) is 11.5. The van der Waals surface area contributed by atoms with Crippen LogP contribution >= 0.6 is 11.6 Å². The maximum atomic E-state index is 6.02. The van der Waals surface area contributed by atoms with Crippen LogP contribution in [0.25, 0.3) is 0 Å². The number of unbranched alkanes of at least 4 members (excludes halogenated alkanes) is 1. The minimum atomic E-state index is -0.126. The van der Waals surface area contributed by atoms with E-state index in [1.807, 2.05) is 11.6 Å². The second-order valence-electron chi connectivity index (χ2n) is 4.25. The molecule has 0 aliphatic carbocycles. The standard InChI is InChI=1S/C11H21ClN4/c1-4-6-7-10(5-2)8-16-11(9(3)12)13-14-15-16/h9-10H,4-8H2,1-3H3. The first kappa shape index (κ1) is 13.4. The van der Waals surface area contributed by atoms with Gasteiger partial charge in [0.05, 0.1) is 5.38 Å². The maximum Gasteiger partial charge on any atom is 0.168 e. The Kier molecular flexibility index (Phi) is 5.74. The van der Waals surface area contributed by atoms with Gasteiger partial charge in [-0.1, -0.05) is 33.1 Å². The number of halogens is 1. The van der Waals surface area contributed by atoms with Crippen LogP contribution in [0.4, 0.5) is 0 Å². The zero-order valence-corrected chi connectivity index (χ0v) is 11.1. The van der Waals surface area contributed by atoms with Gasteiger partial charge in [-0.2, -0.15) is 0 Å². The van der Waals surface area contributed by atoms with Gasteiger partial charge in [-0.15, -0.1) is 16.7 Å². The minimum Gasteiger partial charge on any atom is -0.228 e. The first-order valence-corrected chi connectivity index (χ1v) is 6.52. The zero-order valence-electron chi connectivity index (χ0n) is 10.4. The minimum absolute atomic E-state index is 0.126. The molecule has 1 aromatic heterocycles. The molecule has 0 N–H and O–H groups in total. The lowest BCUT2D eigenvalue weighted by Gasteiger charge is -2.15. The molecule has 0 aliphatic rings. The third-order valence-electron chi connectivity index (χ3n) is 2.89. The van der Waals surface area contributed by atoms with Gasteiger partial charge >= 0.3 is 0 Å². The summed E-state index contributed by atoms with van der Waals surface area (Å²) in [6.45, 7) is 7.22.